The van der Waals surface area contributed by atoms with Crippen LogP contribution in [-0.4, -0.2) is 31.0 Å². The van der Waals surface area contributed by atoms with Gasteiger partial charge in [-0.25, -0.2) is 0 Å². The molecular weight excluding hydrogens is 268 g/mol. The Bertz CT molecular complexity index is 450. The lowest BCUT2D eigenvalue weighted by Crippen LogP contribution is -2.28. The van der Waals surface area contributed by atoms with E-state index in [1.807, 2.05) is 45.0 Å². The molecule has 5 heteroatoms. The van der Waals surface area contributed by atoms with Crippen LogP contribution in [0.15, 0.2) is 24.3 Å². The van der Waals surface area contributed by atoms with E-state index in [0.717, 1.165) is 17.7 Å². The molecular formula is C16H24N2O3. The quantitative estimate of drug-likeness (QED) is 0.565. The van der Waals surface area contributed by atoms with E-state index in [1.54, 1.807) is 0 Å². The average Bonchev–Trinajstić information content (AvgIpc) is 2.39. The molecule has 0 aromatic heterocycles. The maximum Gasteiger partial charge on any atom is 0.224 e. The van der Waals surface area contributed by atoms with Crippen LogP contribution in [0.3, 0.4) is 0 Å². The summed E-state index contributed by atoms with van der Waals surface area (Å²) in [5.74, 6) is 0.775. The van der Waals surface area contributed by atoms with Gasteiger partial charge in [0.1, 0.15) is 11.4 Å². The van der Waals surface area contributed by atoms with Crippen LogP contribution in [0, 0.1) is 0 Å². The molecule has 116 valence electrons. The highest BCUT2D eigenvalue weighted by Crippen LogP contribution is 2.18. The van der Waals surface area contributed by atoms with Crippen molar-refractivity contribution in [2.24, 2.45) is 0 Å². The summed E-state index contributed by atoms with van der Waals surface area (Å²) in [6.07, 6.45) is 1.72. The summed E-state index contributed by atoms with van der Waals surface area (Å²) in [6, 6.07) is 7.55. The van der Waals surface area contributed by atoms with E-state index in [-0.39, 0.29) is 11.5 Å². The summed E-state index contributed by atoms with van der Waals surface area (Å²) in [5, 5.41) is 5.37. The molecule has 0 spiro atoms. The fraction of sp³-hybridized carbons (Fsp3) is 0.500. The first-order valence-electron chi connectivity index (χ1n) is 7.12. The lowest BCUT2D eigenvalue weighted by Gasteiger charge is -2.21. The average molecular weight is 292 g/mol. The summed E-state index contributed by atoms with van der Waals surface area (Å²) >= 11 is 0. The minimum absolute atomic E-state index is 0.0226. The number of amides is 2. The summed E-state index contributed by atoms with van der Waals surface area (Å²) < 4.78 is 5.73. The summed E-state index contributed by atoms with van der Waals surface area (Å²) in [4.78, 5) is 21.8. The van der Waals surface area contributed by atoms with Gasteiger partial charge >= 0.3 is 0 Å². The predicted molar refractivity (Wildman–Crippen MR) is 82.2 cm³/mol. The molecule has 2 amide bonds. The normalized spacial score (nSPS) is 10.8. The SMILES string of the molecule is CC(C)(C)Oc1ccc(CC(=O)NCCCNC=O)cc1. The van der Waals surface area contributed by atoms with Crippen LogP contribution in [0.4, 0.5) is 0 Å². The molecule has 0 radical (unpaired) electrons. The van der Waals surface area contributed by atoms with Gasteiger partial charge in [0.25, 0.3) is 0 Å². The molecule has 0 bridgehead atoms. The molecule has 0 saturated carbocycles. The summed E-state index contributed by atoms with van der Waals surface area (Å²) in [5.41, 5.74) is 0.717. The Kier molecular flexibility index (Phi) is 6.72. The monoisotopic (exact) mass is 292 g/mol. The molecule has 1 rings (SSSR count). The highest BCUT2D eigenvalue weighted by Gasteiger charge is 2.11. The van der Waals surface area contributed by atoms with E-state index >= 15 is 0 Å². The first-order chi connectivity index (χ1) is 9.90. The second-order valence-electron chi connectivity index (χ2n) is 5.81. The number of nitrogens with one attached hydrogen (secondary N) is 2. The van der Waals surface area contributed by atoms with Crippen LogP contribution < -0.4 is 15.4 Å². The highest BCUT2D eigenvalue weighted by molar-refractivity contribution is 5.78. The number of benzene rings is 1. The van der Waals surface area contributed by atoms with Gasteiger partial charge in [0.2, 0.25) is 12.3 Å². The molecule has 0 fully saturated rings. The van der Waals surface area contributed by atoms with Gasteiger partial charge in [0, 0.05) is 13.1 Å². The van der Waals surface area contributed by atoms with Gasteiger partial charge in [0.05, 0.1) is 6.42 Å². The first-order valence-corrected chi connectivity index (χ1v) is 7.12. The Morgan fingerprint density at radius 2 is 1.86 bits per heavy atom. The topological polar surface area (TPSA) is 67.4 Å². The van der Waals surface area contributed by atoms with Crippen LogP contribution in [0.2, 0.25) is 0 Å². The molecule has 0 heterocycles. The molecule has 1 aromatic rings. The Hall–Kier alpha value is -2.04. The zero-order chi connectivity index (χ0) is 15.7. The first kappa shape index (κ1) is 17.0. The van der Waals surface area contributed by atoms with Crippen LogP contribution in [0.5, 0.6) is 5.75 Å². The molecule has 2 N–H and O–H groups in total. The zero-order valence-electron chi connectivity index (χ0n) is 12.9. The zero-order valence-corrected chi connectivity index (χ0v) is 12.9. The van der Waals surface area contributed by atoms with Crippen molar-refractivity contribution in [2.45, 2.75) is 39.2 Å². The fourth-order valence-electron chi connectivity index (χ4n) is 1.75. The van der Waals surface area contributed by atoms with Gasteiger partial charge in [-0.15, -0.1) is 0 Å². The fourth-order valence-corrected chi connectivity index (χ4v) is 1.75. The maximum atomic E-state index is 11.7. The van der Waals surface area contributed by atoms with E-state index in [2.05, 4.69) is 10.6 Å². The molecule has 0 unspecified atom stereocenters. The van der Waals surface area contributed by atoms with Crippen molar-refractivity contribution < 1.29 is 14.3 Å². The molecule has 21 heavy (non-hydrogen) atoms. The Morgan fingerprint density at radius 1 is 1.19 bits per heavy atom. The third-order valence-corrected chi connectivity index (χ3v) is 2.62. The minimum atomic E-state index is -0.228. The van der Waals surface area contributed by atoms with Gasteiger partial charge in [-0.1, -0.05) is 12.1 Å². The van der Waals surface area contributed by atoms with Crippen molar-refractivity contribution in [2.75, 3.05) is 13.1 Å². The van der Waals surface area contributed by atoms with Gasteiger partial charge in [-0.2, -0.15) is 0 Å². The third-order valence-electron chi connectivity index (χ3n) is 2.62. The van der Waals surface area contributed by atoms with Gasteiger partial charge in [0.15, 0.2) is 0 Å². The number of hydrogen-bond acceptors (Lipinski definition) is 3. The van der Waals surface area contributed by atoms with Crippen LogP contribution in [0.1, 0.15) is 32.8 Å². The number of carbonyl (C=O) groups excluding carboxylic acids is 2. The molecule has 0 saturated heterocycles. The number of hydrogen-bond donors (Lipinski definition) is 2. The van der Waals surface area contributed by atoms with Gasteiger partial charge < -0.3 is 15.4 Å². The number of rotatable bonds is 8. The molecule has 0 aliphatic rings. The van der Waals surface area contributed by atoms with Gasteiger partial charge in [-0.05, 0) is 44.9 Å². The van der Waals surface area contributed by atoms with Crippen molar-refractivity contribution in [3.63, 3.8) is 0 Å². The van der Waals surface area contributed by atoms with Crippen LogP contribution in [-0.2, 0) is 16.0 Å². The maximum absolute atomic E-state index is 11.7. The smallest absolute Gasteiger partial charge is 0.224 e. The number of ether oxygens (including phenoxy) is 1. The Labute approximate surface area is 126 Å². The van der Waals surface area contributed by atoms with E-state index in [4.69, 9.17) is 4.74 Å². The minimum Gasteiger partial charge on any atom is -0.488 e. The molecule has 0 atom stereocenters. The summed E-state index contributed by atoms with van der Waals surface area (Å²) in [7, 11) is 0. The Balaban J connectivity index is 2.34. The molecule has 1 aromatic carbocycles. The Morgan fingerprint density at radius 3 is 2.43 bits per heavy atom. The van der Waals surface area contributed by atoms with E-state index in [0.29, 0.717) is 25.9 Å². The van der Waals surface area contributed by atoms with Crippen molar-refractivity contribution in [1.82, 2.24) is 10.6 Å². The second kappa shape index (κ2) is 8.29. The summed E-state index contributed by atoms with van der Waals surface area (Å²) in [6.45, 7) is 7.11. The van der Waals surface area contributed by atoms with Crippen LogP contribution in [0.25, 0.3) is 0 Å². The lowest BCUT2D eigenvalue weighted by molar-refractivity contribution is -0.120. The van der Waals surface area contributed by atoms with Crippen molar-refractivity contribution in [1.29, 1.82) is 0 Å². The third kappa shape index (κ3) is 7.97. The standard InChI is InChI=1S/C16H24N2O3/c1-16(2,3)21-14-7-5-13(6-8-14)11-15(20)18-10-4-9-17-12-19/h5-8,12H,4,9-11H2,1-3H3,(H,17,19)(H,18,20). The molecule has 5 nitrogen and oxygen atoms in total. The predicted octanol–water partition coefficient (Wildman–Crippen LogP) is 1.66. The van der Waals surface area contributed by atoms with Crippen LogP contribution >= 0.6 is 0 Å². The number of carbonyl (C=O) groups is 2. The van der Waals surface area contributed by atoms with Crippen molar-refractivity contribution in [3.8, 4) is 5.75 Å². The highest BCUT2D eigenvalue weighted by atomic mass is 16.5. The molecule has 0 aliphatic heterocycles. The molecule has 0 aliphatic carbocycles. The van der Waals surface area contributed by atoms with E-state index in [9.17, 15) is 9.59 Å². The van der Waals surface area contributed by atoms with E-state index in [1.165, 1.54) is 0 Å². The van der Waals surface area contributed by atoms with E-state index < -0.39 is 0 Å². The largest absolute Gasteiger partial charge is 0.488 e. The van der Waals surface area contributed by atoms with Gasteiger partial charge in [-0.3, -0.25) is 9.59 Å². The van der Waals surface area contributed by atoms with Crippen molar-refractivity contribution in [3.05, 3.63) is 29.8 Å². The van der Waals surface area contributed by atoms with Crippen molar-refractivity contribution >= 4 is 12.3 Å². The second-order valence-corrected chi connectivity index (χ2v) is 5.81. The lowest BCUT2D eigenvalue weighted by atomic mass is 10.1.